The Hall–Kier alpha value is -3.17. The van der Waals surface area contributed by atoms with Gasteiger partial charge in [-0.25, -0.2) is 8.42 Å². The van der Waals surface area contributed by atoms with Gasteiger partial charge in [0.2, 0.25) is 15.9 Å². The van der Waals surface area contributed by atoms with Crippen molar-refractivity contribution in [3.05, 3.63) is 78.5 Å². The Kier molecular flexibility index (Phi) is 6.63. The molecule has 2 heterocycles. The molecular formula is C20H21N3O5S. The molecule has 0 fully saturated rings. The maximum atomic E-state index is 13.1. The van der Waals surface area contributed by atoms with Crippen LogP contribution in [0.25, 0.3) is 0 Å². The summed E-state index contributed by atoms with van der Waals surface area (Å²) in [6.07, 6.45) is 4.25. The van der Waals surface area contributed by atoms with Crippen LogP contribution >= 0.6 is 0 Å². The summed E-state index contributed by atoms with van der Waals surface area (Å²) >= 11 is 0. The number of carbonyl (C=O) groups excluding carboxylic acids is 1. The highest BCUT2D eigenvalue weighted by atomic mass is 32.2. The summed E-state index contributed by atoms with van der Waals surface area (Å²) in [6.45, 7) is -0.144. The van der Waals surface area contributed by atoms with Crippen LogP contribution in [0.3, 0.4) is 0 Å². The third kappa shape index (κ3) is 5.43. The molecule has 0 aliphatic rings. The van der Waals surface area contributed by atoms with E-state index in [1.165, 1.54) is 30.8 Å². The highest BCUT2D eigenvalue weighted by Gasteiger charge is 2.27. The van der Waals surface area contributed by atoms with Crippen LogP contribution in [-0.4, -0.2) is 37.3 Å². The van der Waals surface area contributed by atoms with Crippen LogP contribution in [0.1, 0.15) is 11.3 Å². The number of nitrogens with one attached hydrogen (secondary N) is 1. The van der Waals surface area contributed by atoms with Crippen molar-refractivity contribution in [2.45, 2.75) is 18.0 Å². The number of rotatable bonds is 9. The lowest BCUT2D eigenvalue weighted by molar-refractivity contribution is -0.121. The van der Waals surface area contributed by atoms with Gasteiger partial charge in [-0.3, -0.25) is 9.78 Å². The number of sulfonamides is 1. The highest BCUT2D eigenvalue weighted by molar-refractivity contribution is 7.89. The lowest BCUT2D eigenvalue weighted by atomic mass is 10.2. The molecule has 0 radical (unpaired) electrons. The van der Waals surface area contributed by atoms with Crippen molar-refractivity contribution in [3.63, 3.8) is 0 Å². The minimum atomic E-state index is -3.93. The van der Waals surface area contributed by atoms with Gasteiger partial charge >= 0.3 is 0 Å². The second-order valence-electron chi connectivity index (χ2n) is 6.17. The molecule has 8 nitrogen and oxygen atoms in total. The average molecular weight is 415 g/mol. The van der Waals surface area contributed by atoms with E-state index in [0.29, 0.717) is 11.5 Å². The number of pyridine rings is 1. The zero-order valence-corrected chi connectivity index (χ0v) is 16.6. The molecule has 0 atom stereocenters. The van der Waals surface area contributed by atoms with Gasteiger partial charge < -0.3 is 14.5 Å². The van der Waals surface area contributed by atoms with Crippen molar-refractivity contribution < 1.29 is 22.4 Å². The Balaban J connectivity index is 1.79. The first kappa shape index (κ1) is 20.6. The first-order valence-corrected chi connectivity index (χ1v) is 10.3. The van der Waals surface area contributed by atoms with Crippen molar-refractivity contribution >= 4 is 15.9 Å². The third-order valence-corrected chi connectivity index (χ3v) is 5.93. The molecule has 0 aliphatic heterocycles. The molecule has 0 spiro atoms. The maximum absolute atomic E-state index is 13.1. The van der Waals surface area contributed by atoms with E-state index < -0.39 is 15.9 Å². The molecule has 2 aromatic heterocycles. The summed E-state index contributed by atoms with van der Waals surface area (Å²) < 4.78 is 37.6. The quantitative estimate of drug-likeness (QED) is 0.575. The molecule has 0 saturated carbocycles. The Morgan fingerprint density at radius 3 is 2.59 bits per heavy atom. The van der Waals surface area contributed by atoms with Crippen LogP contribution in [0.2, 0.25) is 0 Å². The Bertz CT molecular complexity index is 1020. The van der Waals surface area contributed by atoms with Gasteiger partial charge in [0.05, 0.1) is 26.5 Å². The third-order valence-electron chi connectivity index (χ3n) is 4.15. The topological polar surface area (TPSA) is 102 Å². The van der Waals surface area contributed by atoms with Gasteiger partial charge in [0.25, 0.3) is 0 Å². The fourth-order valence-electron chi connectivity index (χ4n) is 2.62. The molecule has 0 saturated heterocycles. The van der Waals surface area contributed by atoms with Gasteiger partial charge in [-0.15, -0.1) is 0 Å². The first-order chi connectivity index (χ1) is 14.0. The molecule has 0 aliphatic carbocycles. The Labute approximate surface area is 169 Å². The van der Waals surface area contributed by atoms with Crippen LogP contribution in [-0.2, 0) is 27.9 Å². The minimum absolute atomic E-state index is 0.0207. The van der Waals surface area contributed by atoms with E-state index >= 15 is 0 Å². The van der Waals surface area contributed by atoms with Crippen LogP contribution in [0, 0.1) is 0 Å². The maximum Gasteiger partial charge on any atom is 0.245 e. The molecule has 3 rings (SSSR count). The molecule has 1 N–H and O–H groups in total. The number of hydrogen-bond donors (Lipinski definition) is 1. The van der Waals surface area contributed by atoms with Gasteiger partial charge in [0.1, 0.15) is 16.4 Å². The summed E-state index contributed by atoms with van der Waals surface area (Å²) in [6, 6.07) is 13.4. The number of hydrogen-bond acceptors (Lipinski definition) is 6. The Morgan fingerprint density at radius 1 is 1.17 bits per heavy atom. The standard InChI is InChI=1S/C20H21N3O5S/c1-27-17-8-6-16(7-9-17)14-23(29(25,26)19-5-2-10-21-13-19)15-20(24)22-12-18-4-3-11-28-18/h2-11,13H,12,14-15H2,1H3,(H,22,24). The highest BCUT2D eigenvalue weighted by Crippen LogP contribution is 2.19. The molecular weight excluding hydrogens is 394 g/mol. The summed E-state index contributed by atoms with van der Waals surface area (Å²) in [5, 5.41) is 2.67. The second-order valence-corrected chi connectivity index (χ2v) is 8.10. The molecule has 1 amide bonds. The van der Waals surface area contributed by atoms with Crippen molar-refractivity contribution in [1.29, 1.82) is 0 Å². The molecule has 0 bridgehead atoms. The van der Waals surface area contributed by atoms with E-state index in [4.69, 9.17) is 9.15 Å². The SMILES string of the molecule is COc1ccc(CN(CC(=O)NCc2ccco2)S(=O)(=O)c2cccnc2)cc1. The molecule has 0 unspecified atom stereocenters. The van der Waals surface area contributed by atoms with E-state index in [1.54, 1.807) is 43.5 Å². The summed E-state index contributed by atoms with van der Waals surface area (Å²) in [4.78, 5) is 16.3. The number of carbonyl (C=O) groups is 1. The van der Waals surface area contributed by atoms with Gasteiger partial charge in [0, 0.05) is 18.9 Å². The van der Waals surface area contributed by atoms with Crippen LogP contribution in [0.15, 0.2) is 76.5 Å². The van der Waals surface area contributed by atoms with E-state index in [-0.39, 0.29) is 24.5 Å². The molecule has 152 valence electrons. The lowest BCUT2D eigenvalue weighted by Gasteiger charge is -2.22. The molecule has 3 aromatic rings. The minimum Gasteiger partial charge on any atom is -0.497 e. The van der Waals surface area contributed by atoms with E-state index in [2.05, 4.69) is 10.3 Å². The first-order valence-electron chi connectivity index (χ1n) is 8.81. The van der Waals surface area contributed by atoms with Crippen molar-refractivity contribution in [1.82, 2.24) is 14.6 Å². The average Bonchev–Trinajstić information content (AvgIpc) is 3.26. The second kappa shape index (κ2) is 9.35. The summed E-state index contributed by atoms with van der Waals surface area (Å²) in [7, 11) is -2.37. The van der Waals surface area contributed by atoms with Crippen molar-refractivity contribution in [2.75, 3.05) is 13.7 Å². The van der Waals surface area contributed by atoms with Gasteiger partial charge in [-0.1, -0.05) is 12.1 Å². The fourth-order valence-corrected chi connectivity index (χ4v) is 3.97. The largest absolute Gasteiger partial charge is 0.497 e. The molecule has 1 aromatic carbocycles. The van der Waals surface area contributed by atoms with Gasteiger partial charge in [-0.2, -0.15) is 4.31 Å². The predicted octanol–water partition coefficient (Wildman–Crippen LogP) is 2.19. The van der Waals surface area contributed by atoms with E-state index in [9.17, 15) is 13.2 Å². The molecule has 29 heavy (non-hydrogen) atoms. The zero-order chi connectivity index (χ0) is 20.7. The summed E-state index contributed by atoms with van der Waals surface area (Å²) in [5.41, 5.74) is 0.720. The van der Waals surface area contributed by atoms with Gasteiger partial charge in [0.15, 0.2) is 0 Å². The van der Waals surface area contributed by atoms with Crippen molar-refractivity contribution in [3.8, 4) is 5.75 Å². The number of amides is 1. The van der Waals surface area contributed by atoms with Crippen molar-refractivity contribution in [2.24, 2.45) is 0 Å². The fraction of sp³-hybridized carbons (Fsp3) is 0.200. The number of furan rings is 1. The number of ether oxygens (including phenoxy) is 1. The number of nitrogens with zero attached hydrogens (tertiary/aromatic N) is 2. The monoisotopic (exact) mass is 415 g/mol. The Morgan fingerprint density at radius 2 is 1.97 bits per heavy atom. The normalized spacial score (nSPS) is 11.4. The van der Waals surface area contributed by atoms with E-state index in [0.717, 1.165) is 9.87 Å². The van der Waals surface area contributed by atoms with Gasteiger partial charge in [-0.05, 0) is 42.0 Å². The number of benzene rings is 1. The van der Waals surface area contributed by atoms with Crippen LogP contribution in [0.5, 0.6) is 5.75 Å². The lowest BCUT2D eigenvalue weighted by Crippen LogP contribution is -2.40. The number of methoxy groups -OCH3 is 1. The smallest absolute Gasteiger partial charge is 0.245 e. The number of aromatic nitrogens is 1. The van der Waals surface area contributed by atoms with Crippen LogP contribution < -0.4 is 10.1 Å². The zero-order valence-electron chi connectivity index (χ0n) is 15.8. The molecule has 9 heteroatoms. The summed E-state index contributed by atoms with van der Waals surface area (Å²) in [5.74, 6) is 0.796. The van der Waals surface area contributed by atoms with Crippen LogP contribution in [0.4, 0.5) is 0 Å². The predicted molar refractivity (Wildman–Crippen MR) is 105 cm³/mol. The van der Waals surface area contributed by atoms with E-state index in [1.807, 2.05) is 0 Å².